The lowest BCUT2D eigenvalue weighted by atomic mass is 9.85. The molecule has 2 amide bonds. The van der Waals surface area contributed by atoms with Gasteiger partial charge in [-0.05, 0) is 43.4 Å². The van der Waals surface area contributed by atoms with Crippen LogP contribution in [0.2, 0.25) is 0 Å². The number of amides is 2. The first kappa shape index (κ1) is 14.6. The first-order chi connectivity index (χ1) is 10.0. The fourth-order valence-electron chi connectivity index (χ4n) is 3.20. The molecular weight excluding hydrogens is 332 g/mol. The number of rotatable bonds is 1. The van der Waals surface area contributed by atoms with E-state index in [0.717, 1.165) is 35.0 Å². The number of hydrogen-bond acceptors (Lipinski definition) is 2. The van der Waals surface area contributed by atoms with Gasteiger partial charge in [-0.2, -0.15) is 0 Å². The molecule has 0 saturated carbocycles. The maximum absolute atomic E-state index is 12.6. The first-order valence-corrected chi connectivity index (χ1v) is 8.18. The maximum Gasteiger partial charge on any atom is 0.253 e. The zero-order valence-electron chi connectivity index (χ0n) is 12.1. The van der Waals surface area contributed by atoms with Gasteiger partial charge in [-0.3, -0.25) is 9.59 Å². The van der Waals surface area contributed by atoms with E-state index in [9.17, 15) is 9.59 Å². The maximum atomic E-state index is 12.6. The fraction of sp³-hybridized carbons (Fsp3) is 0.500. The van der Waals surface area contributed by atoms with Crippen molar-refractivity contribution in [2.45, 2.75) is 32.2 Å². The molecule has 2 saturated heterocycles. The lowest BCUT2D eigenvalue weighted by Gasteiger charge is -2.41. The van der Waals surface area contributed by atoms with Crippen LogP contribution >= 0.6 is 15.9 Å². The number of hydrogen-bond donors (Lipinski definition) is 1. The summed E-state index contributed by atoms with van der Waals surface area (Å²) in [6, 6.07) is 5.99. The van der Waals surface area contributed by atoms with Gasteiger partial charge in [0.05, 0.1) is 0 Å². The predicted octanol–water partition coefficient (Wildman–Crippen LogP) is 2.50. The van der Waals surface area contributed by atoms with Gasteiger partial charge in [0.2, 0.25) is 5.91 Å². The van der Waals surface area contributed by atoms with Crippen molar-refractivity contribution in [3.05, 3.63) is 33.8 Å². The number of aryl methyl sites for hydroxylation is 1. The molecule has 4 nitrogen and oxygen atoms in total. The number of halogens is 1. The van der Waals surface area contributed by atoms with E-state index < -0.39 is 0 Å². The summed E-state index contributed by atoms with van der Waals surface area (Å²) < 4.78 is 0.966. The minimum Gasteiger partial charge on any atom is -0.353 e. The lowest BCUT2D eigenvalue weighted by Crippen LogP contribution is -2.55. The van der Waals surface area contributed by atoms with Crippen LogP contribution in [0.3, 0.4) is 0 Å². The third-order valence-electron chi connectivity index (χ3n) is 4.53. The van der Waals surface area contributed by atoms with Crippen LogP contribution in [0.15, 0.2) is 22.7 Å². The Labute approximate surface area is 133 Å². The number of likely N-dealkylation sites (tertiary alicyclic amines) is 1. The molecule has 2 heterocycles. The Morgan fingerprint density at radius 1 is 1.38 bits per heavy atom. The van der Waals surface area contributed by atoms with E-state index in [-0.39, 0.29) is 17.9 Å². The zero-order chi connectivity index (χ0) is 15.0. The van der Waals surface area contributed by atoms with E-state index in [4.69, 9.17) is 0 Å². The molecule has 0 bridgehead atoms. The summed E-state index contributed by atoms with van der Waals surface area (Å²) in [7, 11) is 0. The fourth-order valence-corrected chi connectivity index (χ4v) is 3.58. The summed E-state index contributed by atoms with van der Waals surface area (Å²) in [5.41, 5.74) is 1.85. The van der Waals surface area contributed by atoms with E-state index in [1.165, 1.54) is 0 Å². The van der Waals surface area contributed by atoms with Gasteiger partial charge in [-0.1, -0.05) is 22.0 Å². The van der Waals surface area contributed by atoms with Crippen LogP contribution in [-0.2, 0) is 4.79 Å². The zero-order valence-corrected chi connectivity index (χ0v) is 13.6. The molecule has 2 unspecified atom stereocenters. The molecule has 0 spiro atoms. The van der Waals surface area contributed by atoms with Gasteiger partial charge in [-0.25, -0.2) is 0 Å². The summed E-state index contributed by atoms with van der Waals surface area (Å²) in [5, 5.41) is 3.05. The Morgan fingerprint density at radius 2 is 2.19 bits per heavy atom. The summed E-state index contributed by atoms with van der Waals surface area (Å²) in [4.78, 5) is 26.0. The SMILES string of the molecule is Cc1ccc(C(=O)N2CCC3NC(=O)CCC3C2)cc1Br. The van der Waals surface area contributed by atoms with Crippen LogP contribution in [0, 0.1) is 12.8 Å². The van der Waals surface area contributed by atoms with Gasteiger partial charge in [0.25, 0.3) is 5.91 Å². The van der Waals surface area contributed by atoms with Crippen LogP contribution in [0.4, 0.5) is 0 Å². The third-order valence-corrected chi connectivity index (χ3v) is 5.38. The molecule has 5 heteroatoms. The van der Waals surface area contributed by atoms with Crippen LogP contribution < -0.4 is 5.32 Å². The Balaban J connectivity index is 1.71. The predicted molar refractivity (Wildman–Crippen MR) is 84.1 cm³/mol. The van der Waals surface area contributed by atoms with Gasteiger partial charge in [0.15, 0.2) is 0 Å². The summed E-state index contributed by atoms with van der Waals surface area (Å²) in [6.45, 7) is 3.47. The van der Waals surface area contributed by atoms with E-state index in [2.05, 4.69) is 21.2 Å². The molecule has 3 rings (SSSR count). The monoisotopic (exact) mass is 350 g/mol. The normalized spacial score (nSPS) is 25.2. The summed E-state index contributed by atoms with van der Waals surface area (Å²) in [5.74, 6) is 0.638. The molecule has 2 fully saturated rings. The molecule has 2 atom stereocenters. The molecule has 2 aliphatic heterocycles. The Hall–Kier alpha value is -1.36. The van der Waals surface area contributed by atoms with Crippen molar-refractivity contribution in [3.8, 4) is 0 Å². The highest BCUT2D eigenvalue weighted by atomic mass is 79.9. The van der Waals surface area contributed by atoms with Gasteiger partial charge in [0.1, 0.15) is 0 Å². The van der Waals surface area contributed by atoms with E-state index >= 15 is 0 Å². The lowest BCUT2D eigenvalue weighted by molar-refractivity contribution is -0.125. The summed E-state index contributed by atoms with van der Waals surface area (Å²) in [6.07, 6.45) is 2.33. The van der Waals surface area contributed by atoms with Gasteiger partial charge in [0, 0.05) is 35.6 Å². The number of nitrogens with one attached hydrogen (secondary N) is 1. The molecule has 1 N–H and O–H groups in total. The minimum atomic E-state index is 0.0889. The van der Waals surface area contributed by atoms with Crippen LogP contribution in [0.25, 0.3) is 0 Å². The molecule has 0 radical (unpaired) electrons. The van der Waals surface area contributed by atoms with Gasteiger partial charge >= 0.3 is 0 Å². The second-order valence-corrected chi connectivity index (χ2v) is 6.83. The number of fused-ring (bicyclic) bond motifs is 1. The quantitative estimate of drug-likeness (QED) is 0.845. The smallest absolute Gasteiger partial charge is 0.253 e. The van der Waals surface area contributed by atoms with Crippen molar-refractivity contribution < 1.29 is 9.59 Å². The molecular formula is C16H19BrN2O2. The topological polar surface area (TPSA) is 49.4 Å². The van der Waals surface area contributed by atoms with E-state index in [1.807, 2.05) is 30.0 Å². The molecule has 112 valence electrons. The van der Waals surface area contributed by atoms with Crippen molar-refractivity contribution in [1.29, 1.82) is 0 Å². The minimum absolute atomic E-state index is 0.0889. The molecule has 1 aromatic rings. The van der Waals surface area contributed by atoms with Crippen molar-refractivity contribution in [1.82, 2.24) is 10.2 Å². The second-order valence-electron chi connectivity index (χ2n) is 5.98. The van der Waals surface area contributed by atoms with Gasteiger partial charge in [-0.15, -0.1) is 0 Å². The van der Waals surface area contributed by atoms with Gasteiger partial charge < -0.3 is 10.2 Å². The van der Waals surface area contributed by atoms with Crippen LogP contribution in [0.1, 0.15) is 35.2 Å². The Morgan fingerprint density at radius 3 is 2.95 bits per heavy atom. The molecule has 2 aliphatic rings. The highest BCUT2D eigenvalue weighted by Crippen LogP contribution is 2.27. The number of carbonyl (C=O) groups is 2. The molecule has 1 aromatic carbocycles. The molecule has 0 aromatic heterocycles. The third kappa shape index (κ3) is 2.98. The number of nitrogens with zero attached hydrogens (tertiary/aromatic N) is 1. The Kier molecular flexibility index (Phi) is 4.02. The number of piperidine rings is 2. The Bertz CT molecular complexity index is 588. The van der Waals surface area contributed by atoms with Crippen LogP contribution in [-0.4, -0.2) is 35.8 Å². The highest BCUT2D eigenvalue weighted by molar-refractivity contribution is 9.10. The van der Waals surface area contributed by atoms with Crippen LogP contribution in [0.5, 0.6) is 0 Å². The molecule has 0 aliphatic carbocycles. The van der Waals surface area contributed by atoms with Crippen molar-refractivity contribution in [2.75, 3.05) is 13.1 Å². The average molecular weight is 351 g/mol. The standard InChI is InChI=1S/C16H19BrN2O2/c1-10-2-3-11(8-13(10)17)16(21)19-7-6-14-12(9-19)4-5-15(20)18-14/h2-3,8,12,14H,4-7,9H2,1H3,(H,18,20). The largest absolute Gasteiger partial charge is 0.353 e. The average Bonchev–Trinajstić information content (AvgIpc) is 2.49. The summed E-state index contributed by atoms with van der Waals surface area (Å²) >= 11 is 3.48. The first-order valence-electron chi connectivity index (χ1n) is 7.39. The van der Waals surface area contributed by atoms with Crippen molar-refractivity contribution >= 4 is 27.7 Å². The van der Waals surface area contributed by atoms with E-state index in [1.54, 1.807) is 0 Å². The second kappa shape index (κ2) is 5.79. The number of benzene rings is 1. The molecule has 21 heavy (non-hydrogen) atoms. The van der Waals surface area contributed by atoms with Crippen molar-refractivity contribution in [3.63, 3.8) is 0 Å². The van der Waals surface area contributed by atoms with E-state index in [0.29, 0.717) is 18.9 Å². The van der Waals surface area contributed by atoms with Crippen molar-refractivity contribution in [2.24, 2.45) is 5.92 Å². The highest BCUT2D eigenvalue weighted by Gasteiger charge is 2.35. The number of carbonyl (C=O) groups excluding carboxylic acids is 2.